The van der Waals surface area contributed by atoms with E-state index in [2.05, 4.69) is 53.2 Å². The largest absolute Gasteiger partial charge is 0.462 e. The van der Waals surface area contributed by atoms with Crippen LogP contribution in [-0.4, -0.2) is 26.7 Å². The molecule has 0 amide bonds. The third-order valence-corrected chi connectivity index (χ3v) is 4.44. The van der Waals surface area contributed by atoms with Gasteiger partial charge in [0.05, 0.1) is 6.67 Å². The van der Waals surface area contributed by atoms with E-state index >= 15 is 0 Å². The Morgan fingerprint density at radius 3 is 2.54 bits per heavy atom. The second-order valence-electron chi connectivity index (χ2n) is 6.43. The summed E-state index contributed by atoms with van der Waals surface area (Å²) in [5.41, 5.74) is 2.64. The highest BCUT2D eigenvalue weighted by Crippen LogP contribution is 2.11. The lowest BCUT2D eigenvalue weighted by Gasteiger charge is -2.17. The van der Waals surface area contributed by atoms with Crippen LogP contribution in [0.4, 0.5) is 0 Å². The number of hydrogen-bond donors (Lipinski definition) is 1. The lowest BCUT2D eigenvalue weighted by atomic mass is 10.1. The highest BCUT2D eigenvalue weighted by molar-refractivity contribution is 7.71. The number of aromatic nitrogens is 3. The summed E-state index contributed by atoms with van der Waals surface area (Å²) in [5.74, 6) is 2.39. The van der Waals surface area contributed by atoms with E-state index in [4.69, 9.17) is 16.6 Å². The van der Waals surface area contributed by atoms with E-state index in [1.54, 1.807) is 0 Å². The van der Waals surface area contributed by atoms with Crippen LogP contribution in [-0.2, 0) is 19.6 Å². The van der Waals surface area contributed by atoms with Gasteiger partial charge in [-0.2, -0.15) is 4.98 Å². The van der Waals surface area contributed by atoms with Crippen LogP contribution >= 0.6 is 12.2 Å². The Morgan fingerprint density at radius 1 is 1.15 bits per heavy atom. The van der Waals surface area contributed by atoms with Gasteiger partial charge in [0.25, 0.3) is 0 Å². The zero-order valence-corrected chi connectivity index (χ0v) is 16.2. The average Bonchev–Trinajstić information content (AvgIpc) is 3.19. The van der Waals surface area contributed by atoms with E-state index in [-0.39, 0.29) is 0 Å². The molecule has 0 aliphatic rings. The van der Waals surface area contributed by atoms with Crippen molar-refractivity contribution in [3.63, 3.8) is 0 Å². The molecule has 3 aromatic rings. The SMILES string of the molecule is CCc1ccc(CN(C)Cn2[nH]c(/C=C/c3ccc(C)o3)nc2=S)cc1. The molecule has 1 aromatic carbocycles. The van der Waals surface area contributed by atoms with Crippen molar-refractivity contribution in [2.45, 2.75) is 33.5 Å². The number of nitrogens with one attached hydrogen (secondary N) is 1. The first-order valence-electron chi connectivity index (χ1n) is 8.71. The van der Waals surface area contributed by atoms with Crippen molar-refractivity contribution in [3.8, 4) is 0 Å². The molecule has 3 rings (SSSR count). The molecule has 0 saturated heterocycles. The van der Waals surface area contributed by atoms with E-state index in [0.717, 1.165) is 24.5 Å². The summed E-state index contributed by atoms with van der Waals surface area (Å²) >= 11 is 5.36. The highest BCUT2D eigenvalue weighted by Gasteiger charge is 2.05. The van der Waals surface area contributed by atoms with Crippen molar-refractivity contribution in [2.24, 2.45) is 0 Å². The van der Waals surface area contributed by atoms with Gasteiger partial charge in [0.1, 0.15) is 17.3 Å². The van der Waals surface area contributed by atoms with Gasteiger partial charge in [0.2, 0.25) is 4.77 Å². The molecule has 0 spiro atoms. The average molecular weight is 369 g/mol. The standard InChI is InChI=1S/C20H24N4OS/c1-4-16-6-8-17(9-7-16)13-23(3)14-24-20(26)21-19(22-24)12-11-18-10-5-15(2)25-18/h5-12H,4,13-14H2,1-3H3,(H,21,22,26)/b12-11+. The molecule has 5 nitrogen and oxygen atoms in total. The minimum absolute atomic E-state index is 0.536. The van der Waals surface area contributed by atoms with Crippen LogP contribution < -0.4 is 0 Å². The summed E-state index contributed by atoms with van der Waals surface area (Å²) < 4.78 is 7.92. The molecule has 2 heterocycles. The molecule has 0 radical (unpaired) electrons. The summed E-state index contributed by atoms with van der Waals surface area (Å²) in [6, 6.07) is 12.6. The predicted octanol–water partition coefficient (Wildman–Crippen LogP) is 4.66. The molecule has 1 N–H and O–H groups in total. The molecule has 0 bridgehead atoms. The Balaban J connectivity index is 1.63. The number of furan rings is 1. The second-order valence-corrected chi connectivity index (χ2v) is 6.79. The van der Waals surface area contributed by atoms with Crippen LogP contribution in [0.5, 0.6) is 0 Å². The molecule has 0 aliphatic carbocycles. The first-order chi connectivity index (χ1) is 12.5. The Bertz CT molecular complexity index is 933. The fourth-order valence-electron chi connectivity index (χ4n) is 2.73. The normalized spacial score (nSPS) is 11.7. The number of H-pyrrole nitrogens is 1. The quantitative estimate of drug-likeness (QED) is 0.616. The van der Waals surface area contributed by atoms with Crippen molar-refractivity contribution < 1.29 is 4.42 Å². The Hall–Kier alpha value is -2.44. The minimum atomic E-state index is 0.536. The molecular formula is C20H24N4OS. The van der Waals surface area contributed by atoms with E-state index in [0.29, 0.717) is 17.3 Å². The summed E-state index contributed by atoms with van der Waals surface area (Å²) in [6.07, 6.45) is 4.81. The fourth-order valence-corrected chi connectivity index (χ4v) is 2.93. The number of hydrogen-bond acceptors (Lipinski definition) is 4. The first-order valence-corrected chi connectivity index (χ1v) is 9.12. The van der Waals surface area contributed by atoms with E-state index < -0.39 is 0 Å². The first kappa shape index (κ1) is 18.4. The minimum Gasteiger partial charge on any atom is -0.462 e. The Labute approximate surface area is 159 Å². The van der Waals surface area contributed by atoms with Crippen LogP contribution in [0.15, 0.2) is 40.8 Å². The van der Waals surface area contributed by atoms with Crippen LogP contribution in [0.1, 0.15) is 35.4 Å². The molecule has 26 heavy (non-hydrogen) atoms. The zero-order chi connectivity index (χ0) is 18.5. The fraction of sp³-hybridized carbons (Fsp3) is 0.300. The van der Waals surface area contributed by atoms with Crippen molar-refractivity contribution in [3.05, 3.63) is 69.6 Å². The number of aryl methyl sites for hydroxylation is 2. The maximum atomic E-state index is 5.52. The lowest BCUT2D eigenvalue weighted by molar-refractivity contribution is 0.244. The molecule has 2 aromatic heterocycles. The number of aromatic amines is 1. The smallest absolute Gasteiger partial charge is 0.217 e. The van der Waals surface area contributed by atoms with Gasteiger partial charge in [-0.25, -0.2) is 4.68 Å². The molecular weight excluding hydrogens is 344 g/mol. The lowest BCUT2D eigenvalue weighted by Crippen LogP contribution is -2.22. The predicted molar refractivity (Wildman–Crippen MR) is 107 cm³/mol. The molecule has 0 atom stereocenters. The van der Waals surface area contributed by atoms with E-state index in [9.17, 15) is 0 Å². The van der Waals surface area contributed by atoms with Crippen LogP contribution in [0.25, 0.3) is 12.2 Å². The molecule has 136 valence electrons. The topological polar surface area (TPSA) is 50.0 Å². The summed E-state index contributed by atoms with van der Waals surface area (Å²) in [7, 11) is 2.07. The van der Waals surface area contributed by atoms with Crippen LogP contribution in [0.2, 0.25) is 0 Å². The van der Waals surface area contributed by atoms with E-state index in [1.165, 1.54) is 11.1 Å². The maximum absolute atomic E-state index is 5.52. The van der Waals surface area contributed by atoms with Crippen molar-refractivity contribution >= 4 is 24.4 Å². The number of benzene rings is 1. The van der Waals surface area contributed by atoms with Gasteiger partial charge in [-0.05, 0) is 68.0 Å². The van der Waals surface area contributed by atoms with Crippen molar-refractivity contribution in [1.82, 2.24) is 19.7 Å². The van der Waals surface area contributed by atoms with Gasteiger partial charge in [0.15, 0.2) is 0 Å². The monoisotopic (exact) mass is 368 g/mol. The third-order valence-electron chi connectivity index (χ3n) is 4.13. The Kier molecular flexibility index (Phi) is 5.85. The van der Waals surface area contributed by atoms with Gasteiger partial charge in [-0.15, -0.1) is 0 Å². The molecule has 0 fully saturated rings. The number of rotatable bonds is 7. The maximum Gasteiger partial charge on any atom is 0.217 e. The van der Waals surface area contributed by atoms with Gasteiger partial charge in [-0.1, -0.05) is 31.2 Å². The van der Waals surface area contributed by atoms with Gasteiger partial charge < -0.3 is 4.42 Å². The summed E-state index contributed by atoms with van der Waals surface area (Å²) in [5, 5.41) is 3.22. The van der Waals surface area contributed by atoms with Gasteiger partial charge in [-0.3, -0.25) is 10.00 Å². The van der Waals surface area contributed by atoms with Gasteiger partial charge in [0, 0.05) is 6.54 Å². The highest BCUT2D eigenvalue weighted by atomic mass is 32.1. The summed E-state index contributed by atoms with van der Waals surface area (Å²) in [6.45, 7) is 5.59. The van der Waals surface area contributed by atoms with Crippen LogP contribution in [0.3, 0.4) is 0 Å². The Morgan fingerprint density at radius 2 is 1.88 bits per heavy atom. The van der Waals surface area contributed by atoms with Crippen molar-refractivity contribution in [1.29, 1.82) is 0 Å². The summed E-state index contributed by atoms with van der Waals surface area (Å²) in [4.78, 5) is 6.58. The van der Waals surface area contributed by atoms with Gasteiger partial charge >= 0.3 is 0 Å². The molecule has 6 heteroatoms. The van der Waals surface area contributed by atoms with Crippen molar-refractivity contribution in [2.75, 3.05) is 7.05 Å². The van der Waals surface area contributed by atoms with E-state index in [1.807, 2.05) is 35.9 Å². The molecule has 0 aliphatic heterocycles. The second kappa shape index (κ2) is 8.29. The molecule has 0 saturated carbocycles. The number of nitrogens with zero attached hydrogens (tertiary/aromatic N) is 3. The zero-order valence-electron chi connectivity index (χ0n) is 15.4. The van der Waals surface area contributed by atoms with Crippen LogP contribution in [0, 0.1) is 11.7 Å². The third kappa shape index (κ3) is 4.80. The molecule has 0 unspecified atom stereocenters.